The Balaban J connectivity index is 1.75. The second-order valence-electron chi connectivity index (χ2n) is 6.38. The van der Waals surface area contributed by atoms with E-state index in [1.165, 1.54) is 18.2 Å². The van der Waals surface area contributed by atoms with Crippen LogP contribution in [0.3, 0.4) is 0 Å². The number of nitrogens with two attached hydrogens (primary N) is 2. The number of nitrogens with one attached hydrogen (secondary N) is 1. The maximum atomic E-state index is 13.1. The number of carbonyl (C=O) groups is 2. The van der Waals surface area contributed by atoms with Gasteiger partial charge in [-0.15, -0.1) is 0 Å². The first-order valence-corrected chi connectivity index (χ1v) is 8.86. The van der Waals surface area contributed by atoms with Crippen LogP contribution in [0.4, 0.5) is 21.8 Å². The van der Waals surface area contributed by atoms with E-state index in [1.54, 1.807) is 12.1 Å². The number of hydrogen-bond donors (Lipinski definition) is 3. The quantitative estimate of drug-likeness (QED) is 0.565. The van der Waals surface area contributed by atoms with Gasteiger partial charge in [0.1, 0.15) is 23.6 Å². The molecule has 1 saturated heterocycles. The molecule has 2 aromatic rings. The Bertz CT molecular complexity index is 838. The third kappa shape index (κ3) is 4.52. The van der Waals surface area contributed by atoms with Gasteiger partial charge in [0.25, 0.3) is 5.91 Å². The molecule has 28 heavy (non-hydrogen) atoms. The van der Waals surface area contributed by atoms with Crippen molar-refractivity contribution >= 4 is 29.6 Å². The molecule has 3 rings (SSSR count). The third-order valence-electron chi connectivity index (χ3n) is 4.47. The summed E-state index contributed by atoms with van der Waals surface area (Å²) in [5.41, 5.74) is 11.9. The molecule has 1 aromatic carbocycles. The summed E-state index contributed by atoms with van der Waals surface area (Å²) in [6.07, 6.45) is 0.674. The Labute approximate surface area is 161 Å². The van der Waals surface area contributed by atoms with E-state index in [9.17, 15) is 14.0 Å². The predicted octanol–water partition coefficient (Wildman–Crippen LogP) is -0.0207. The standard InChI is InChI=1S/C18H22FN7O2/c19-12-1-3-14(4-2-12)25-5-7-26(8-6-25)18-23-15(17(21)28)9-16(24-18)22-13(10-20)11-27/h1-4,9,11,13H,5-8,10,20H2,(H2,21,28)(H,22,23,24). The van der Waals surface area contributed by atoms with Gasteiger partial charge in [0.2, 0.25) is 5.95 Å². The topological polar surface area (TPSA) is 130 Å². The summed E-state index contributed by atoms with van der Waals surface area (Å²) in [4.78, 5) is 35.3. The molecule has 148 valence electrons. The number of aromatic nitrogens is 2. The van der Waals surface area contributed by atoms with Gasteiger partial charge in [-0.1, -0.05) is 0 Å². The third-order valence-corrected chi connectivity index (χ3v) is 4.47. The largest absolute Gasteiger partial charge is 0.368 e. The van der Waals surface area contributed by atoms with Crippen molar-refractivity contribution < 1.29 is 14.0 Å². The van der Waals surface area contributed by atoms with Gasteiger partial charge in [-0.25, -0.2) is 9.37 Å². The monoisotopic (exact) mass is 387 g/mol. The van der Waals surface area contributed by atoms with Crippen LogP contribution in [0.15, 0.2) is 30.3 Å². The fourth-order valence-electron chi connectivity index (χ4n) is 2.93. The van der Waals surface area contributed by atoms with E-state index < -0.39 is 11.9 Å². The van der Waals surface area contributed by atoms with Gasteiger partial charge in [-0.3, -0.25) is 4.79 Å². The highest BCUT2D eigenvalue weighted by Crippen LogP contribution is 2.20. The SMILES string of the molecule is NCC(C=O)Nc1cc(C(N)=O)nc(N2CCN(c3ccc(F)cc3)CC2)n1. The van der Waals surface area contributed by atoms with E-state index in [1.807, 2.05) is 4.90 Å². The Morgan fingerprint density at radius 2 is 1.82 bits per heavy atom. The van der Waals surface area contributed by atoms with Crippen molar-refractivity contribution in [3.63, 3.8) is 0 Å². The van der Waals surface area contributed by atoms with Crippen molar-refractivity contribution in [1.29, 1.82) is 0 Å². The predicted molar refractivity (Wildman–Crippen MR) is 104 cm³/mol. The van der Waals surface area contributed by atoms with Crippen LogP contribution in [-0.2, 0) is 4.79 Å². The number of benzene rings is 1. The van der Waals surface area contributed by atoms with Crippen LogP contribution in [-0.4, -0.2) is 60.9 Å². The summed E-state index contributed by atoms with van der Waals surface area (Å²) in [5.74, 6) is -0.307. The maximum Gasteiger partial charge on any atom is 0.267 e. The zero-order valence-electron chi connectivity index (χ0n) is 15.2. The first-order chi connectivity index (χ1) is 13.5. The van der Waals surface area contributed by atoms with E-state index in [0.29, 0.717) is 44.2 Å². The zero-order chi connectivity index (χ0) is 20.1. The molecule has 1 amide bonds. The smallest absolute Gasteiger partial charge is 0.267 e. The first-order valence-electron chi connectivity index (χ1n) is 8.86. The van der Waals surface area contributed by atoms with Gasteiger partial charge in [-0.05, 0) is 24.3 Å². The van der Waals surface area contributed by atoms with E-state index in [4.69, 9.17) is 11.5 Å². The Hall–Kier alpha value is -3.27. The highest BCUT2D eigenvalue weighted by molar-refractivity contribution is 5.92. The Morgan fingerprint density at radius 3 is 2.39 bits per heavy atom. The summed E-state index contributed by atoms with van der Waals surface area (Å²) in [6.45, 7) is 2.65. The number of carbonyl (C=O) groups excluding carboxylic acids is 2. The number of amides is 1. The molecule has 2 heterocycles. The second-order valence-corrected chi connectivity index (χ2v) is 6.38. The summed E-state index contributed by atoms with van der Waals surface area (Å²) < 4.78 is 13.1. The van der Waals surface area contributed by atoms with Crippen LogP contribution in [0, 0.1) is 5.82 Å². The molecule has 1 aromatic heterocycles. The summed E-state index contributed by atoms with van der Waals surface area (Å²) in [7, 11) is 0. The average Bonchev–Trinajstić information content (AvgIpc) is 2.72. The molecular formula is C18H22FN7O2. The van der Waals surface area contributed by atoms with Gasteiger partial charge in [0.15, 0.2) is 0 Å². The average molecular weight is 387 g/mol. The molecule has 0 saturated carbocycles. The highest BCUT2D eigenvalue weighted by atomic mass is 19.1. The van der Waals surface area contributed by atoms with Crippen molar-refractivity contribution in [3.05, 3.63) is 41.8 Å². The van der Waals surface area contributed by atoms with E-state index in [0.717, 1.165) is 5.69 Å². The van der Waals surface area contributed by atoms with Gasteiger partial charge < -0.3 is 31.4 Å². The summed E-state index contributed by atoms with van der Waals surface area (Å²) >= 11 is 0. The number of anilines is 3. The van der Waals surface area contributed by atoms with Crippen molar-refractivity contribution in [2.45, 2.75) is 6.04 Å². The number of nitrogens with zero attached hydrogens (tertiary/aromatic N) is 4. The zero-order valence-corrected chi connectivity index (χ0v) is 15.2. The number of primary amides is 1. The van der Waals surface area contributed by atoms with Crippen LogP contribution in [0.25, 0.3) is 0 Å². The van der Waals surface area contributed by atoms with Crippen LogP contribution in [0.1, 0.15) is 10.5 Å². The highest BCUT2D eigenvalue weighted by Gasteiger charge is 2.21. The van der Waals surface area contributed by atoms with Crippen molar-refractivity contribution in [3.8, 4) is 0 Å². The second kappa shape index (κ2) is 8.61. The molecule has 10 heteroatoms. The Morgan fingerprint density at radius 1 is 1.18 bits per heavy atom. The fraction of sp³-hybridized carbons (Fsp3) is 0.333. The molecule has 9 nitrogen and oxygen atoms in total. The fourth-order valence-corrected chi connectivity index (χ4v) is 2.93. The minimum Gasteiger partial charge on any atom is -0.368 e. The normalized spacial score (nSPS) is 15.2. The molecular weight excluding hydrogens is 365 g/mol. The summed E-state index contributed by atoms with van der Waals surface area (Å²) in [5, 5.41) is 2.87. The van der Waals surface area contributed by atoms with Crippen molar-refractivity contribution in [2.75, 3.05) is 47.8 Å². The molecule has 0 bridgehead atoms. The van der Waals surface area contributed by atoms with E-state index in [-0.39, 0.29) is 18.1 Å². The first kappa shape index (κ1) is 19.5. The molecule has 0 aliphatic carbocycles. The number of hydrogen-bond acceptors (Lipinski definition) is 8. The van der Waals surface area contributed by atoms with E-state index >= 15 is 0 Å². The lowest BCUT2D eigenvalue weighted by Gasteiger charge is -2.36. The Kier molecular flexibility index (Phi) is 5.99. The lowest BCUT2D eigenvalue weighted by molar-refractivity contribution is -0.108. The number of halogens is 1. The van der Waals surface area contributed by atoms with Crippen LogP contribution in [0.2, 0.25) is 0 Å². The molecule has 5 N–H and O–H groups in total. The lowest BCUT2D eigenvalue weighted by Crippen LogP contribution is -2.47. The van der Waals surface area contributed by atoms with Crippen molar-refractivity contribution in [1.82, 2.24) is 9.97 Å². The molecule has 1 atom stereocenters. The minimum absolute atomic E-state index is 0.0511. The molecule has 1 fully saturated rings. The van der Waals surface area contributed by atoms with Gasteiger partial charge in [-0.2, -0.15) is 4.98 Å². The van der Waals surface area contributed by atoms with Crippen LogP contribution >= 0.6 is 0 Å². The number of piperazine rings is 1. The van der Waals surface area contributed by atoms with E-state index in [2.05, 4.69) is 20.2 Å². The molecule has 0 spiro atoms. The maximum absolute atomic E-state index is 13.1. The minimum atomic E-state index is -0.688. The molecule has 1 aliphatic rings. The molecule has 1 unspecified atom stereocenters. The number of rotatable bonds is 7. The van der Waals surface area contributed by atoms with Gasteiger partial charge in [0.05, 0.1) is 6.04 Å². The van der Waals surface area contributed by atoms with Gasteiger partial charge >= 0.3 is 0 Å². The molecule has 1 aliphatic heterocycles. The lowest BCUT2D eigenvalue weighted by atomic mass is 10.2. The number of aldehydes is 1. The van der Waals surface area contributed by atoms with Gasteiger partial charge in [0, 0.05) is 44.5 Å². The molecule has 0 radical (unpaired) electrons. The van der Waals surface area contributed by atoms with Crippen LogP contribution in [0.5, 0.6) is 0 Å². The van der Waals surface area contributed by atoms with Crippen molar-refractivity contribution in [2.24, 2.45) is 11.5 Å². The summed E-state index contributed by atoms with van der Waals surface area (Å²) in [6, 6.07) is 7.11. The van der Waals surface area contributed by atoms with Crippen LogP contribution < -0.4 is 26.6 Å².